The van der Waals surface area contributed by atoms with Gasteiger partial charge in [0.1, 0.15) is 0 Å². The predicted octanol–water partition coefficient (Wildman–Crippen LogP) is -0.0486. The fourth-order valence-corrected chi connectivity index (χ4v) is 1.56. The third kappa shape index (κ3) is 1.67. The second-order valence-corrected chi connectivity index (χ2v) is 3.50. The van der Waals surface area contributed by atoms with Gasteiger partial charge in [-0.25, -0.2) is 10.0 Å². The summed E-state index contributed by atoms with van der Waals surface area (Å²) in [6.07, 6.45) is -0.0593. The lowest BCUT2D eigenvalue weighted by Crippen LogP contribution is -2.65. The molecule has 0 aromatic heterocycles. The third-order valence-corrected chi connectivity index (χ3v) is 2.29. The molecule has 0 unspecified atom stereocenters. The Kier molecular flexibility index (Phi) is 2.75. The van der Waals surface area contributed by atoms with E-state index in [4.69, 9.17) is 5.11 Å². The molecule has 0 spiro atoms. The molecule has 0 amide bonds. The van der Waals surface area contributed by atoms with Crippen LogP contribution < -0.4 is 0 Å². The van der Waals surface area contributed by atoms with Crippen molar-refractivity contribution in [3.8, 4) is 0 Å². The van der Waals surface area contributed by atoms with Gasteiger partial charge in [-0.3, -0.25) is 0 Å². The van der Waals surface area contributed by atoms with Gasteiger partial charge in [0.05, 0.1) is 6.10 Å². The molecule has 2 rings (SSSR count). The molecule has 66 valence electrons. The minimum Gasteiger partial charge on any atom is -0.390 e. The van der Waals surface area contributed by atoms with Crippen LogP contribution in [0.4, 0.5) is 0 Å². The van der Waals surface area contributed by atoms with Crippen LogP contribution in [-0.2, 0) is 0 Å². The molecule has 0 aromatic carbocycles. The Labute approximate surface area is 73.4 Å². The van der Waals surface area contributed by atoms with Gasteiger partial charge in [0.2, 0.25) is 0 Å². The first-order valence-electron chi connectivity index (χ1n) is 3.93. The molecule has 1 N–H and O–H groups in total. The van der Waals surface area contributed by atoms with Crippen LogP contribution in [0.5, 0.6) is 0 Å². The van der Waals surface area contributed by atoms with Crippen LogP contribution >= 0.6 is 12.4 Å². The highest BCUT2D eigenvalue weighted by atomic mass is 35.5. The zero-order chi connectivity index (χ0) is 7.14. The molecule has 2 fully saturated rings. The second-order valence-electron chi connectivity index (χ2n) is 3.50. The zero-order valence-electron chi connectivity index (χ0n) is 6.73. The third-order valence-electron chi connectivity index (χ3n) is 2.29. The summed E-state index contributed by atoms with van der Waals surface area (Å²) in [7, 11) is 0. The number of rotatable bonds is 1. The molecule has 4 heteroatoms. The van der Waals surface area contributed by atoms with Crippen molar-refractivity contribution in [3.63, 3.8) is 0 Å². The molecule has 11 heavy (non-hydrogen) atoms. The van der Waals surface area contributed by atoms with Gasteiger partial charge in [0.15, 0.2) is 0 Å². The van der Waals surface area contributed by atoms with Crippen LogP contribution in [0.15, 0.2) is 0 Å². The van der Waals surface area contributed by atoms with Gasteiger partial charge in [0.25, 0.3) is 0 Å². The fourth-order valence-electron chi connectivity index (χ4n) is 1.56. The van der Waals surface area contributed by atoms with E-state index in [0.717, 1.165) is 19.0 Å². The highest BCUT2D eigenvalue weighted by Gasteiger charge is 2.35. The van der Waals surface area contributed by atoms with Crippen LogP contribution in [-0.4, -0.2) is 47.4 Å². The SMILES string of the molecule is CC1CN(N2CC(O)C2)C1.Cl. The molecule has 0 atom stereocenters. The van der Waals surface area contributed by atoms with Gasteiger partial charge in [-0.05, 0) is 5.92 Å². The summed E-state index contributed by atoms with van der Waals surface area (Å²) in [6, 6.07) is 0. The van der Waals surface area contributed by atoms with Crippen molar-refractivity contribution in [2.24, 2.45) is 5.92 Å². The topological polar surface area (TPSA) is 26.7 Å². The molecule has 2 aliphatic rings. The lowest BCUT2D eigenvalue weighted by molar-refractivity contribution is -0.179. The molecule has 2 aliphatic heterocycles. The predicted molar refractivity (Wildman–Crippen MR) is 45.6 cm³/mol. The Hall–Kier alpha value is 0.170. The number of β-amino-alcohol motifs (C(OH)–C–C–N with tert-alkyl or cyclic N) is 1. The first-order valence-corrected chi connectivity index (χ1v) is 3.93. The number of hydrazine groups is 1. The summed E-state index contributed by atoms with van der Waals surface area (Å²) < 4.78 is 0. The first-order chi connectivity index (χ1) is 4.75. The molecule has 0 radical (unpaired) electrons. The summed E-state index contributed by atoms with van der Waals surface area (Å²) in [5.41, 5.74) is 0. The molecule has 0 bridgehead atoms. The molecule has 0 aliphatic carbocycles. The van der Waals surface area contributed by atoms with Gasteiger partial charge < -0.3 is 5.11 Å². The normalized spacial score (nSPS) is 28.9. The lowest BCUT2D eigenvalue weighted by Gasteiger charge is -2.50. The fraction of sp³-hybridized carbons (Fsp3) is 1.00. The molecule has 0 saturated carbocycles. The van der Waals surface area contributed by atoms with E-state index in [1.165, 1.54) is 13.1 Å². The monoisotopic (exact) mass is 178 g/mol. The quantitative estimate of drug-likeness (QED) is 0.610. The van der Waals surface area contributed by atoms with Crippen molar-refractivity contribution >= 4 is 12.4 Å². The van der Waals surface area contributed by atoms with Gasteiger partial charge in [-0.15, -0.1) is 12.4 Å². The smallest absolute Gasteiger partial charge is 0.0822 e. The van der Waals surface area contributed by atoms with Crippen molar-refractivity contribution in [2.75, 3.05) is 26.2 Å². The molecular weight excluding hydrogens is 164 g/mol. The Bertz CT molecular complexity index is 116. The second kappa shape index (κ2) is 3.27. The van der Waals surface area contributed by atoms with Gasteiger partial charge in [-0.2, -0.15) is 0 Å². The number of hydrogen-bond acceptors (Lipinski definition) is 3. The van der Waals surface area contributed by atoms with Crippen molar-refractivity contribution in [1.82, 2.24) is 10.0 Å². The molecular formula is C7H15ClN2O. The van der Waals surface area contributed by atoms with E-state index in [1.807, 2.05) is 0 Å². The highest BCUT2D eigenvalue weighted by Crippen LogP contribution is 2.21. The first kappa shape index (κ1) is 9.26. The van der Waals surface area contributed by atoms with Crippen molar-refractivity contribution in [3.05, 3.63) is 0 Å². The van der Waals surface area contributed by atoms with Crippen LogP contribution in [0, 0.1) is 5.92 Å². The largest absolute Gasteiger partial charge is 0.390 e. The van der Waals surface area contributed by atoms with E-state index in [1.54, 1.807) is 0 Å². The summed E-state index contributed by atoms with van der Waals surface area (Å²) in [5, 5.41) is 13.5. The Morgan fingerprint density at radius 3 is 1.91 bits per heavy atom. The van der Waals surface area contributed by atoms with E-state index < -0.39 is 0 Å². The van der Waals surface area contributed by atoms with Crippen molar-refractivity contribution in [1.29, 1.82) is 0 Å². The highest BCUT2D eigenvalue weighted by molar-refractivity contribution is 5.85. The molecule has 0 aromatic rings. The zero-order valence-corrected chi connectivity index (χ0v) is 7.55. The Balaban J connectivity index is 0.000000605. The number of hydrogen-bond donors (Lipinski definition) is 1. The summed E-state index contributed by atoms with van der Waals surface area (Å²) in [5.74, 6) is 0.859. The van der Waals surface area contributed by atoms with E-state index in [9.17, 15) is 0 Å². The molecule has 2 heterocycles. The number of aliphatic hydroxyl groups excluding tert-OH is 1. The van der Waals surface area contributed by atoms with E-state index in [2.05, 4.69) is 16.9 Å². The molecule has 3 nitrogen and oxygen atoms in total. The van der Waals surface area contributed by atoms with Gasteiger partial charge in [-0.1, -0.05) is 6.92 Å². The van der Waals surface area contributed by atoms with Crippen LogP contribution in [0.3, 0.4) is 0 Å². The van der Waals surface area contributed by atoms with Crippen LogP contribution in [0.1, 0.15) is 6.92 Å². The minimum atomic E-state index is -0.0593. The number of aliphatic hydroxyl groups is 1. The van der Waals surface area contributed by atoms with Crippen molar-refractivity contribution < 1.29 is 5.11 Å². The number of halogens is 1. The summed E-state index contributed by atoms with van der Waals surface area (Å²) in [4.78, 5) is 0. The Morgan fingerprint density at radius 1 is 1.09 bits per heavy atom. The van der Waals surface area contributed by atoms with Crippen LogP contribution in [0.2, 0.25) is 0 Å². The summed E-state index contributed by atoms with van der Waals surface area (Å²) >= 11 is 0. The lowest BCUT2D eigenvalue weighted by atomic mass is 10.0. The minimum absolute atomic E-state index is 0. The average molecular weight is 179 g/mol. The van der Waals surface area contributed by atoms with E-state index in [0.29, 0.717) is 0 Å². The van der Waals surface area contributed by atoms with Gasteiger partial charge in [0, 0.05) is 26.2 Å². The average Bonchev–Trinajstić information content (AvgIpc) is 1.74. The molecule has 2 saturated heterocycles. The van der Waals surface area contributed by atoms with Crippen molar-refractivity contribution in [2.45, 2.75) is 13.0 Å². The van der Waals surface area contributed by atoms with E-state index in [-0.39, 0.29) is 18.5 Å². The van der Waals surface area contributed by atoms with Gasteiger partial charge >= 0.3 is 0 Å². The maximum atomic E-state index is 8.98. The number of nitrogens with zero attached hydrogens (tertiary/aromatic N) is 2. The Morgan fingerprint density at radius 2 is 1.55 bits per heavy atom. The maximum absolute atomic E-state index is 8.98. The van der Waals surface area contributed by atoms with E-state index >= 15 is 0 Å². The maximum Gasteiger partial charge on any atom is 0.0822 e. The van der Waals surface area contributed by atoms with Crippen LogP contribution in [0.25, 0.3) is 0 Å². The standard InChI is InChI=1S/C7H14N2O.ClH/c1-6-2-8(3-6)9-4-7(10)5-9;/h6-7,10H,2-5H2,1H3;1H. The summed E-state index contributed by atoms with van der Waals surface area (Å²) in [6.45, 7) is 6.34.